The average molecular weight is 321 g/mol. The Morgan fingerprint density at radius 2 is 1.91 bits per heavy atom. The Kier molecular flexibility index (Phi) is 3.32. The van der Waals surface area contributed by atoms with E-state index in [2.05, 4.69) is 31.5 Å². The zero-order chi connectivity index (χ0) is 15.6. The Bertz CT molecular complexity index is 927. The number of aromatic nitrogens is 4. The zero-order valence-corrected chi connectivity index (χ0v) is 12.7. The van der Waals surface area contributed by atoms with Crippen molar-refractivity contribution in [2.45, 2.75) is 0 Å². The fraction of sp³-hybridized carbons (Fsp3) is 0. The SMILES string of the molecule is O=C(Nc1ccc(-c2nc3ccccc3s2)cc1)c1ncn[nH]1. The molecule has 0 aliphatic rings. The number of para-hydroxylation sites is 1. The average Bonchev–Trinajstić information content (AvgIpc) is 3.25. The number of aromatic amines is 1. The van der Waals surface area contributed by atoms with Crippen LogP contribution in [0.25, 0.3) is 20.8 Å². The summed E-state index contributed by atoms with van der Waals surface area (Å²) in [6, 6.07) is 15.6. The molecule has 23 heavy (non-hydrogen) atoms. The molecule has 7 heteroatoms. The van der Waals surface area contributed by atoms with Crippen molar-refractivity contribution < 1.29 is 4.79 Å². The Labute approximate surface area is 135 Å². The van der Waals surface area contributed by atoms with Crippen LogP contribution in [0, 0.1) is 0 Å². The first-order valence-electron chi connectivity index (χ1n) is 6.92. The highest BCUT2D eigenvalue weighted by molar-refractivity contribution is 7.21. The number of rotatable bonds is 3. The summed E-state index contributed by atoms with van der Waals surface area (Å²) in [5.74, 6) is -0.143. The molecule has 2 aromatic heterocycles. The normalized spacial score (nSPS) is 10.8. The van der Waals surface area contributed by atoms with E-state index >= 15 is 0 Å². The molecule has 0 bridgehead atoms. The van der Waals surface area contributed by atoms with Gasteiger partial charge in [-0.3, -0.25) is 9.89 Å². The Morgan fingerprint density at radius 3 is 2.65 bits per heavy atom. The van der Waals surface area contributed by atoms with E-state index in [-0.39, 0.29) is 11.7 Å². The van der Waals surface area contributed by atoms with Crippen LogP contribution < -0.4 is 5.32 Å². The van der Waals surface area contributed by atoms with E-state index in [9.17, 15) is 4.79 Å². The van der Waals surface area contributed by atoms with E-state index in [0.717, 1.165) is 20.8 Å². The molecule has 2 aromatic carbocycles. The molecular weight excluding hydrogens is 310 g/mol. The second-order valence-electron chi connectivity index (χ2n) is 4.85. The van der Waals surface area contributed by atoms with Gasteiger partial charge in [0.15, 0.2) is 0 Å². The first-order valence-corrected chi connectivity index (χ1v) is 7.74. The van der Waals surface area contributed by atoms with Crippen molar-refractivity contribution in [2.75, 3.05) is 5.32 Å². The molecule has 0 unspecified atom stereocenters. The van der Waals surface area contributed by atoms with Gasteiger partial charge in [0.05, 0.1) is 10.2 Å². The summed E-state index contributed by atoms with van der Waals surface area (Å²) in [5.41, 5.74) is 2.70. The number of carbonyl (C=O) groups is 1. The highest BCUT2D eigenvalue weighted by atomic mass is 32.1. The van der Waals surface area contributed by atoms with Gasteiger partial charge in [-0.1, -0.05) is 12.1 Å². The minimum atomic E-state index is -0.324. The van der Waals surface area contributed by atoms with Crippen LogP contribution in [0.3, 0.4) is 0 Å². The number of hydrogen-bond acceptors (Lipinski definition) is 5. The third-order valence-electron chi connectivity index (χ3n) is 3.31. The smallest absolute Gasteiger partial charge is 0.292 e. The highest BCUT2D eigenvalue weighted by Gasteiger charge is 2.10. The van der Waals surface area contributed by atoms with Gasteiger partial charge in [0, 0.05) is 11.3 Å². The van der Waals surface area contributed by atoms with Crippen molar-refractivity contribution in [1.82, 2.24) is 20.2 Å². The van der Waals surface area contributed by atoms with E-state index in [0.29, 0.717) is 5.69 Å². The van der Waals surface area contributed by atoms with E-state index in [4.69, 9.17) is 0 Å². The largest absolute Gasteiger partial charge is 0.319 e. The van der Waals surface area contributed by atoms with Crippen molar-refractivity contribution in [2.24, 2.45) is 0 Å². The molecule has 0 aliphatic carbocycles. The molecule has 2 N–H and O–H groups in total. The molecule has 4 rings (SSSR count). The number of benzene rings is 2. The minimum Gasteiger partial charge on any atom is -0.319 e. The van der Waals surface area contributed by atoms with E-state index in [1.807, 2.05) is 42.5 Å². The van der Waals surface area contributed by atoms with E-state index in [1.54, 1.807) is 11.3 Å². The van der Waals surface area contributed by atoms with Gasteiger partial charge in [-0.25, -0.2) is 9.97 Å². The molecule has 0 saturated heterocycles. The van der Waals surface area contributed by atoms with Gasteiger partial charge in [-0.15, -0.1) is 11.3 Å². The molecule has 0 aliphatic heterocycles. The summed E-state index contributed by atoms with van der Waals surface area (Å²) in [6.07, 6.45) is 1.30. The number of nitrogens with zero attached hydrogens (tertiary/aromatic N) is 3. The Balaban J connectivity index is 1.57. The summed E-state index contributed by atoms with van der Waals surface area (Å²) in [6.45, 7) is 0. The number of hydrogen-bond donors (Lipinski definition) is 2. The van der Waals surface area contributed by atoms with Crippen LogP contribution in [-0.2, 0) is 0 Å². The lowest BCUT2D eigenvalue weighted by Crippen LogP contribution is -2.13. The van der Waals surface area contributed by atoms with Crippen LogP contribution in [-0.4, -0.2) is 26.1 Å². The third kappa shape index (κ3) is 2.69. The molecule has 4 aromatic rings. The Morgan fingerprint density at radius 1 is 1.09 bits per heavy atom. The first-order chi connectivity index (χ1) is 11.3. The molecule has 0 radical (unpaired) electrons. The number of carbonyl (C=O) groups excluding carboxylic acids is 1. The lowest BCUT2D eigenvalue weighted by molar-refractivity contribution is 0.101. The summed E-state index contributed by atoms with van der Waals surface area (Å²) in [5, 5.41) is 9.90. The maximum Gasteiger partial charge on any atom is 0.292 e. The van der Waals surface area contributed by atoms with E-state index < -0.39 is 0 Å². The van der Waals surface area contributed by atoms with Crippen molar-refractivity contribution in [3.8, 4) is 10.6 Å². The van der Waals surface area contributed by atoms with E-state index in [1.165, 1.54) is 6.33 Å². The number of nitrogens with one attached hydrogen (secondary N) is 2. The van der Waals surface area contributed by atoms with Crippen molar-refractivity contribution in [1.29, 1.82) is 0 Å². The predicted molar refractivity (Wildman–Crippen MR) is 89.4 cm³/mol. The van der Waals surface area contributed by atoms with Crippen molar-refractivity contribution >= 4 is 33.1 Å². The Hall–Kier alpha value is -3.06. The summed E-state index contributed by atoms with van der Waals surface area (Å²) in [7, 11) is 0. The second-order valence-corrected chi connectivity index (χ2v) is 5.88. The van der Waals surface area contributed by atoms with Gasteiger partial charge in [0.25, 0.3) is 5.91 Å². The predicted octanol–water partition coefficient (Wildman–Crippen LogP) is 3.33. The first kappa shape index (κ1) is 13.6. The van der Waals surface area contributed by atoms with Gasteiger partial charge in [0.1, 0.15) is 11.3 Å². The number of anilines is 1. The van der Waals surface area contributed by atoms with Crippen molar-refractivity contribution in [3.63, 3.8) is 0 Å². The molecular formula is C16H11N5OS. The quantitative estimate of drug-likeness (QED) is 0.606. The van der Waals surface area contributed by atoms with Gasteiger partial charge >= 0.3 is 0 Å². The zero-order valence-electron chi connectivity index (χ0n) is 11.9. The molecule has 6 nitrogen and oxygen atoms in total. The minimum absolute atomic E-state index is 0.181. The number of H-pyrrole nitrogens is 1. The highest BCUT2D eigenvalue weighted by Crippen LogP contribution is 2.30. The summed E-state index contributed by atoms with van der Waals surface area (Å²) < 4.78 is 1.16. The van der Waals surface area contributed by atoms with Crippen LogP contribution in [0.5, 0.6) is 0 Å². The number of fused-ring (bicyclic) bond motifs is 1. The molecule has 112 valence electrons. The number of amides is 1. The van der Waals surface area contributed by atoms with Gasteiger partial charge in [-0.05, 0) is 36.4 Å². The van der Waals surface area contributed by atoms with Gasteiger partial charge in [-0.2, -0.15) is 5.10 Å². The third-order valence-corrected chi connectivity index (χ3v) is 4.40. The monoisotopic (exact) mass is 321 g/mol. The van der Waals surface area contributed by atoms with Crippen LogP contribution in [0.1, 0.15) is 10.6 Å². The maximum atomic E-state index is 11.9. The fourth-order valence-electron chi connectivity index (χ4n) is 2.20. The topological polar surface area (TPSA) is 83.6 Å². The maximum absolute atomic E-state index is 11.9. The summed E-state index contributed by atoms with van der Waals surface area (Å²) >= 11 is 1.65. The van der Waals surface area contributed by atoms with Crippen LogP contribution in [0.4, 0.5) is 5.69 Å². The van der Waals surface area contributed by atoms with Gasteiger partial charge < -0.3 is 5.32 Å². The van der Waals surface area contributed by atoms with Crippen LogP contribution in [0.2, 0.25) is 0 Å². The molecule has 1 amide bonds. The number of thiazole rings is 1. The second kappa shape index (κ2) is 5.62. The fourth-order valence-corrected chi connectivity index (χ4v) is 3.17. The molecule has 0 atom stereocenters. The molecule has 2 heterocycles. The summed E-state index contributed by atoms with van der Waals surface area (Å²) in [4.78, 5) is 20.3. The van der Waals surface area contributed by atoms with Gasteiger partial charge in [0.2, 0.25) is 5.82 Å². The lowest BCUT2D eigenvalue weighted by atomic mass is 10.2. The molecule has 0 saturated carbocycles. The van der Waals surface area contributed by atoms with Crippen LogP contribution >= 0.6 is 11.3 Å². The molecule has 0 fully saturated rings. The van der Waals surface area contributed by atoms with Crippen LogP contribution in [0.15, 0.2) is 54.9 Å². The lowest BCUT2D eigenvalue weighted by Gasteiger charge is -2.03. The molecule has 0 spiro atoms. The van der Waals surface area contributed by atoms with Crippen molar-refractivity contribution in [3.05, 3.63) is 60.7 Å². The standard InChI is InChI=1S/C16H11N5OS/c22-15(14-17-9-18-21-14)19-11-7-5-10(6-8-11)16-20-12-3-1-2-4-13(12)23-16/h1-9H,(H,19,22)(H,17,18,21).